The van der Waals surface area contributed by atoms with Gasteiger partial charge < -0.3 is 10.2 Å². The molecule has 0 unspecified atom stereocenters. The number of Topliss-reactive ketones (excluding diaryl/α,β-unsaturated/α-hetero) is 1. The number of piperazine rings is 1. The summed E-state index contributed by atoms with van der Waals surface area (Å²) in [6, 6.07) is 12.1. The molecule has 0 atom stereocenters. The number of hydrogen-bond donors (Lipinski definition) is 1. The standard InChI is InChI=1S/C24H31N3O4S/c1-18-4-7-21(16-19(18)2)23(28)10-11-24(29)25-17-20-5-8-22(9-6-20)32(30,31)27-14-12-26(3)13-15-27/h4-9,16H,10-15,17H2,1-3H3,(H,25,29). The van der Waals surface area contributed by atoms with E-state index in [9.17, 15) is 18.0 Å². The minimum absolute atomic E-state index is 0.0540. The second kappa shape index (κ2) is 10.4. The molecule has 0 bridgehead atoms. The number of nitrogens with zero attached hydrogens (tertiary/aromatic N) is 2. The van der Waals surface area contributed by atoms with E-state index in [1.54, 1.807) is 30.3 Å². The van der Waals surface area contributed by atoms with E-state index in [2.05, 4.69) is 10.2 Å². The molecule has 0 aromatic heterocycles. The van der Waals surface area contributed by atoms with Crippen molar-refractivity contribution in [2.75, 3.05) is 33.2 Å². The molecule has 2 aromatic carbocycles. The summed E-state index contributed by atoms with van der Waals surface area (Å²) >= 11 is 0. The number of nitrogens with one attached hydrogen (secondary N) is 1. The lowest BCUT2D eigenvalue weighted by atomic mass is 10.0. The van der Waals surface area contributed by atoms with Crippen LogP contribution in [0.3, 0.4) is 0 Å². The second-order valence-electron chi connectivity index (χ2n) is 8.35. The van der Waals surface area contributed by atoms with Gasteiger partial charge >= 0.3 is 0 Å². The first kappa shape index (κ1) is 24.1. The molecule has 1 aliphatic heterocycles. The first-order valence-electron chi connectivity index (χ1n) is 10.8. The number of carbonyl (C=O) groups excluding carboxylic acids is 2. The van der Waals surface area contributed by atoms with E-state index in [1.165, 1.54) is 4.31 Å². The van der Waals surface area contributed by atoms with Crippen LogP contribution < -0.4 is 5.32 Å². The minimum atomic E-state index is -3.50. The van der Waals surface area contributed by atoms with E-state index in [4.69, 9.17) is 0 Å². The first-order valence-corrected chi connectivity index (χ1v) is 12.3. The quantitative estimate of drug-likeness (QED) is 0.616. The molecular formula is C24H31N3O4S. The fourth-order valence-electron chi connectivity index (χ4n) is 3.53. The van der Waals surface area contributed by atoms with Gasteiger partial charge in [0.1, 0.15) is 0 Å². The maximum atomic E-state index is 12.8. The highest BCUT2D eigenvalue weighted by molar-refractivity contribution is 7.89. The average Bonchev–Trinajstić information content (AvgIpc) is 2.78. The van der Waals surface area contributed by atoms with Crippen LogP contribution in [0.4, 0.5) is 0 Å². The van der Waals surface area contributed by atoms with Crippen molar-refractivity contribution in [1.82, 2.24) is 14.5 Å². The number of likely N-dealkylation sites (N-methyl/N-ethyl adjacent to an activating group) is 1. The molecule has 0 aliphatic carbocycles. The topological polar surface area (TPSA) is 86.8 Å². The molecular weight excluding hydrogens is 426 g/mol. The summed E-state index contributed by atoms with van der Waals surface area (Å²) in [7, 11) is -1.52. The third-order valence-corrected chi connectivity index (χ3v) is 7.83. The highest BCUT2D eigenvalue weighted by atomic mass is 32.2. The Labute approximate surface area is 190 Å². The van der Waals surface area contributed by atoms with Gasteiger partial charge in [-0.1, -0.05) is 24.3 Å². The molecule has 1 amide bonds. The summed E-state index contributed by atoms with van der Waals surface area (Å²) in [4.78, 5) is 26.9. The van der Waals surface area contributed by atoms with Gasteiger partial charge in [-0.3, -0.25) is 9.59 Å². The van der Waals surface area contributed by atoms with Crippen molar-refractivity contribution < 1.29 is 18.0 Å². The predicted octanol–water partition coefficient (Wildman–Crippen LogP) is 2.52. The van der Waals surface area contributed by atoms with Crippen molar-refractivity contribution in [2.45, 2.75) is 38.1 Å². The Hall–Kier alpha value is -2.55. The molecule has 1 saturated heterocycles. The molecule has 3 rings (SSSR count). The molecule has 1 N–H and O–H groups in total. The lowest BCUT2D eigenvalue weighted by Crippen LogP contribution is -2.47. The van der Waals surface area contributed by atoms with E-state index < -0.39 is 10.0 Å². The maximum Gasteiger partial charge on any atom is 0.243 e. The van der Waals surface area contributed by atoms with Gasteiger partial charge in [-0.05, 0) is 55.8 Å². The molecule has 0 spiro atoms. The maximum absolute atomic E-state index is 12.8. The second-order valence-corrected chi connectivity index (χ2v) is 10.3. The molecule has 32 heavy (non-hydrogen) atoms. The molecule has 7 nitrogen and oxygen atoms in total. The summed E-state index contributed by atoms with van der Waals surface area (Å²) < 4.78 is 27.1. The molecule has 1 aliphatic rings. The molecule has 1 fully saturated rings. The number of sulfonamides is 1. The highest BCUT2D eigenvalue weighted by Gasteiger charge is 2.27. The predicted molar refractivity (Wildman–Crippen MR) is 124 cm³/mol. The van der Waals surface area contributed by atoms with Crippen LogP contribution in [0, 0.1) is 13.8 Å². The number of aryl methyl sites for hydroxylation is 2. The number of carbonyl (C=O) groups is 2. The largest absolute Gasteiger partial charge is 0.352 e. The van der Waals surface area contributed by atoms with Crippen LogP contribution >= 0.6 is 0 Å². The van der Waals surface area contributed by atoms with Crippen molar-refractivity contribution in [3.63, 3.8) is 0 Å². The monoisotopic (exact) mass is 457 g/mol. The number of hydrogen-bond acceptors (Lipinski definition) is 5. The molecule has 1 heterocycles. The zero-order valence-corrected chi connectivity index (χ0v) is 19.7. The van der Waals surface area contributed by atoms with E-state index in [1.807, 2.05) is 33.0 Å². The molecule has 172 valence electrons. The SMILES string of the molecule is Cc1ccc(C(=O)CCC(=O)NCc2ccc(S(=O)(=O)N3CCN(C)CC3)cc2)cc1C. The van der Waals surface area contributed by atoms with Crippen LogP contribution in [0.5, 0.6) is 0 Å². The van der Waals surface area contributed by atoms with E-state index >= 15 is 0 Å². The number of amides is 1. The van der Waals surface area contributed by atoms with Gasteiger partial charge in [-0.25, -0.2) is 8.42 Å². The Morgan fingerprint density at radius 2 is 1.56 bits per heavy atom. The summed E-state index contributed by atoms with van der Waals surface area (Å²) in [5.41, 5.74) is 3.61. The number of rotatable bonds is 8. The van der Waals surface area contributed by atoms with Gasteiger partial charge in [0.2, 0.25) is 15.9 Å². The van der Waals surface area contributed by atoms with E-state index in [0.29, 0.717) is 18.7 Å². The fourth-order valence-corrected chi connectivity index (χ4v) is 4.95. The fraction of sp³-hybridized carbons (Fsp3) is 0.417. The number of benzene rings is 2. The van der Waals surface area contributed by atoms with Gasteiger partial charge in [0.05, 0.1) is 4.90 Å². The average molecular weight is 458 g/mol. The summed E-state index contributed by atoms with van der Waals surface area (Å²) in [5.74, 6) is -0.266. The molecule has 2 aromatic rings. The van der Waals surface area contributed by atoms with Crippen LogP contribution in [0.1, 0.15) is 39.9 Å². The number of ketones is 1. The van der Waals surface area contributed by atoms with Gasteiger partial charge in [-0.15, -0.1) is 0 Å². The summed E-state index contributed by atoms with van der Waals surface area (Å²) in [6.07, 6.45) is 0.262. The van der Waals surface area contributed by atoms with Crippen molar-refractivity contribution >= 4 is 21.7 Å². The van der Waals surface area contributed by atoms with Crippen LogP contribution in [0.2, 0.25) is 0 Å². The van der Waals surface area contributed by atoms with Crippen molar-refractivity contribution in [3.05, 3.63) is 64.7 Å². The molecule has 8 heteroatoms. The lowest BCUT2D eigenvalue weighted by molar-refractivity contribution is -0.121. The normalized spacial score (nSPS) is 15.5. The first-order chi connectivity index (χ1) is 15.2. The lowest BCUT2D eigenvalue weighted by Gasteiger charge is -2.31. The smallest absolute Gasteiger partial charge is 0.243 e. The minimum Gasteiger partial charge on any atom is -0.352 e. The van der Waals surface area contributed by atoms with Crippen LogP contribution in [-0.4, -0.2) is 62.5 Å². The van der Waals surface area contributed by atoms with Gasteiger partial charge in [-0.2, -0.15) is 4.31 Å². The third kappa shape index (κ3) is 6.03. The highest BCUT2D eigenvalue weighted by Crippen LogP contribution is 2.18. The van der Waals surface area contributed by atoms with Crippen LogP contribution in [0.15, 0.2) is 47.4 Å². The van der Waals surface area contributed by atoms with Gasteiger partial charge in [0, 0.05) is 51.1 Å². The zero-order valence-electron chi connectivity index (χ0n) is 18.9. The van der Waals surface area contributed by atoms with E-state index in [-0.39, 0.29) is 36.0 Å². The van der Waals surface area contributed by atoms with Gasteiger partial charge in [0.25, 0.3) is 0 Å². The van der Waals surface area contributed by atoms with Crippen molar-refractivity contribution in [3.8, 4) is 0 Å². The molecule has 0 saturated carbocycles. The Kier molecular flexibility index (Phi) is 7.82. The Bertz CT molecular complexity index is 1070. The van der Waals surface area contributed by atoms with E-state index in [0.717, 1.165) is 29.8 Å². The van der Waals surface area contributed by atoms with Crippen LogP contribution in [-0.2, 0) is 21.4 Å². The summed E-state index contributed by atoms with van der Waals surface area (Å²) in [6.45, 7) is 6.64. The van der Waals surface area contributed by atoms with Gasteiger partial charge in [0.15, 0.2) is 5.78 Å². The molecule has 0 radical (unpaired) electrons. The van der Waals surface area contributed by atoms with Crippen molar-refractivity contribution in [1.29, 1.82) is 0 Å². The van der Waals surface area contributed by atoms with Crippen LogP contribution in [0.25, 0.3) is 0 Å². The Morgan fingerprint density at radius 1 is 0.906 bits per heavy atom. The third-order valence-electron chi connectivity index (χ3n) is 5.92. The zero-order chi connectivity index (χ0) is 23.3. The Balaban J connectivity index is 1.48. The van der Waals surface area contributed by atoms with Crippen molar-refractivity contribution in [2.24, 2.45) is 0 Å². The summed E-state index contributed by atoms with van der Waals surface area (Å²) in [5, 5.41) is 2.80. The Morgan fingerprint density at radius 3 is 2.19 bits per heavy atom.